The maximum Gasteiger partial charge on any atom is 0.306 e. The molecule has 0 radical (unpaired) electrons. The zero-order valence-electron chi connectivity index (χ0n) is 50.6. The highest BCUT2D eigenvalue weighted by atomic mass is 16.6. The van der Waals surface area contributed by atoms with E-state index < -0.39 is 6.10 Å². The van der Waals surface area contributed by atoms with Crippen molar-refractivity contribution in [2.24, 2.45) is 0 Å². The summed E-state index contributed by atoms with van der Waals surface area (Å²) in [5.41, 5.74) is 0. The van der Waals surface area contributed by atoms with Crippen LogP contribution in [0.5, 0.6) is 0 Å². The molecule has 78 heavy (non-hydrogen) atoms. The van der Waals surface area contributed by atoms with Crippen LogP contribution in [0.1, 0.15) is 284 Å². The number of hydrogen-bond acceptors (Lipinski definition) is 6. The number of carbonyl (C=O) groups excluding carboxylic acids is 3. The third-order valence-corrected chi connectivity index (χ3v) is 13.4. The average molecular weight is 1080 g/mol. The molecule has 0 heterocycles. The minimum atomic E-state index is -0.816. The molecule has 0 amide bonds. The monoisotopic (exact) mass is 1080 g/mol. The van der Waals surface area contributed by atoms with E-state index in [1.54, 1.807) is 0 Å². The molecular weight excluding hydrogens is 961 g/mol. The molecular formula is C72H118O6. The smallest absolute Gasteiger partial charge is 0.306 e. The average Bonchev–Trinajstić information content (AvgIpc) is 3.44. The summed E-state index contributed by atoms with van der Waals surface area (Å²) in [6.45, 7) is 6.33. The van der Waals surface area contributed by atoms with Gasteiger partial charge in [0.15, 0.2) is 6.10 Å². The lowest BCUT2D eigenvalue weighted by Gasteiger charge is -2.18. The van der Waals surface area contributed by atoms with Gasteiger partial charge in [0, 0.05) is 19.3 Å². The van der Waals surface area contributed by atoms with Crippen LogP contribution < -0.4 is 0 Å². The first-order chi connectivity index (χ1) is 38.5. The Morgan fingerprint density at radius 2 is 0.526 bits per heavy atom. The highest BCUT2D eigenvalue weighted by molar-refractivity contribution is 5.71. The molecule has 0 aromatic heterocycles. The normalized spacial score (nSPS) is 13.0. The van der Waals surface area contributed by atoms with E-state index in [9.17, 15) is 14.4 Å². The third kappa shape index (κ3) is 62.4. The van der Waals surface area contributed by atoms with E-state index in [0.717, 1.165) is 109 Å². The van der Waals surface area contributed by atoms with Crippen LogP contribution in [0.3, 0.4) is 0 Å². The van der Waals surface area contributed by atoms with Gasteiger partial charge in [0.25, 0.3) is 0 Å². The second-order valence-electron chi connectivity index (χ2n) is 20.9. The highest BCUT2D eigenvalue weighted by Gasteiger charge is 2.19. The highest BCUT2D eigenvalue weighted by Crippen LogP contribution is 2.16. The van der Waals surface area contributed by atoms with Crippen LogP contribution in [0.25, 0.3) is 0 Å². The summed E-state index contributed by atoms with van der Waals surface area (Å²) in [5, 5.41) is 0. The summed E-state index contributed by atoms with van der Waals surface area (Å²) in [7, 11) is 0. The van der Waals surface area contributed by atoms with Crippen molar-refractivity contribution in [3.63, 3.8) is 0 Å². The summed E-state index contributed by atoms with van der Waals surface area (Å²) < 4.78 is 16.8. The number of hydrogen-bond donors (Lipinski definition) is 0. The molecule has 0 spiro atoms. The molecule has 6 heteroatoms. The molecule has 1 unspecified atom stereocenters. The van der Waals surface area contributed by atoms with Crippen LogP contribution in [0.2, 0.25) is 0 Å². The maximum atomic E-state index is 12.9. The largest absolute Gasteiger partial charge is 0.462 e. The number of rotatable bonds is 57. The molecule has 0 aliphatic carbocycles. The third-order valence-electron chi connectivity index (χ3n) is 13.4. The van der Waals surface area contributed by atoms with Gasteiger partial charge in [-0.05, 0) is 122 Å². The summed E-state index contributed by atoms with van der Waals surface area (Å²) in [4.78, 5) is 38.2. The number of esters is 3. The van der Waals surface area contributed by atoms with Gasteiger partial charge in [-0.3, -0.25) is 14.4 Å². The van der Waals surface area contributed by atoms with E-state index in [0.29, 0.717) is 19.3 Å². The Kier molecular flexibility index (Phi) is 61.4. The lowest BCUT2D eigenvalue weighted by atomic mass is 10.0. The standard InChI is InChI=1S/C72H118O6/c1-4-7-10-13-16-19-22-25-27-29-31-32-33-34-35-36-37-38-39-40-41-43-44-47-50-53-56-59-62-65-71(74)77-68-69(67-76-70(73)64-61-58-55-52-49-46-24-21-18-15-12-9-6-3)78-72(75)66-63-60-57-54-51-48-45-42-30-28-26-23-20-17-14-11-8-5-2/h7,9-10,12,16,18-21,23,25,27-28,30-32,34-35,46,49,55,58,69H,4-6,8,11,13-15,17,22,24,26,29,33,36-45,47-48,50-54,56-57,59-68H2,1-3H3/b10-7-,12-9-,19-16-,21-18-,23-20-,27-25-,30-28-,32-31-,35-34-,49-46-,58-55-. The van der Waals surface area contributed by atoms with Gasteiger partial charge in [-0.2, -0.15) is 0 Å². The van der Waals surface area contributed by atoms with Crippen molar-refractivity contribution in [1.29, 1.82) is 0 Å². The van der Waals surface area contributed by atoms with Gasteiger partial charge in [-0.15, -0.1) is 0 Å². The SMILES string of the molecule is CC/C=C\C/C=C\C/C=C\C/C=C\C/C=C\CCCCCCCCCCCCCCCC(=O)OCC(COC(=O)CC/C=C\C/C=C\C/C=C\C/C=C\CC)OC(=O)CCCCCCCCC/C=C\C/C=C\CCCCCC. The molecule has 0 bridgehead atoms. The van der Waals surface area contributed by atoms with Gasteiger partial charge in [-0.25, -0.2) is 0 Å². The van der Waals surface area contributed by atoms with Crippen molar-refractivity contribution in [3.05, 3.63) is 134 Å². The summed E-state index contributed by atoms with van der Waals surface area (Å²) in [6, 6.07) is 0. The van der Waals surface area contributed by atoms with E-state index in [1.807, 2.05) is 6.08 Å². The van der Waals surface area contributed by atoms with Crippen LogP contribution in [0, 0.1) is 0 Å². The molecule has 0 saturated heterocycles. The van der Waals surface area contributed by atoms with E-state index in [-0.39, 0.29) is 37.5 Å². The van der Waals surface area contributed by atoms with Crippen molar-refractivity contribution in [2.45, 2.75) is 290 Å². The topological polar surface area (TPSA) is 78.9 Å². The molecule has 0 aliphatic rings. The molecule has 6 nitrogen and oxygen atoms in total. The Balaban J connectivity index is 4.33. The zero-order valence-corrected chi connectivity index (χ0v) is 50.6. The predicted molar refractivity (Wildman–Crippen MR) is 339 cm³/mol. The second kappa shape index (κ2) is 65.1. The first kappa shape index (κ1) is 73.5. The molecule has 0 saturated carbocycles. The van der Waals surface area contributed by atoms with E-state index >= 15 is 0 Å². The van der Waals surface area contributed by atoms with E-state index in [2.05, 4.69) is 148 Å². The maximum absolute atomic E-state index is 12.9. The first-order valence-electron chi connectivity index (χ1n) is 32.2. The Morgan fingerprint density at radius 1 is 0.269 bits per heavy atom. The van der Waals surface area contributed by atoms with Crippen LogP contribution in [-0.4, -0.2) is 37.2 Å². The van der Waals surface area contributed by atoms with Crippen LogP contribution in [0.15, 0.2) is 134 Å². The Labute approximate surface area is 481 Å². The first-order valence-corrected chi connectivity index (χ1v) is 32.2. The fraction of sp³-hybridized carbons (Fsp3) is 0.653. The Bertz CT molecular complexity index is 1670. The number of unbranched alkanes of at least 4 members (excludes halogenated alkanes) is 24. The Hall–Kier alpha value is -4.45. The molecule has 0 fully saturated rings. The van der Waals surface area contributed by atoms with Gasteiger partial charge in [-0.1, -0.05) is 276 Å². The van der Waals surface area contributed by atoms with Gasteiger partial charge in [0.05, 0.1) is 0 Å². The van der Waals surface area contributed by atoms with Crippen molar-refractivity contribution in [1.82, 2.24) is 0 Å². The summed E-state index contributed by atoms with van der Waals surface area (Å²) in [5.74, 6) is -0.998. The zero-order chi connectivity index (χ0) is 56.4. The van der Waals surface area contributed by atoms with Crippen LogP contribution in [-0.2, 0) is 28.6 Å². The van der Waals surface area contributed by atoms with Crippen LogP contribution in [0.4, 0.5) is 0 Å². The molecule has 1 atom stereocenters. The predicted octanol–water partition coefficient (Wildman–Crippen LogP) is 22.2. The molecule has 0 aromatic rings. The fourth-order valence-electron chi connectivity index (χ4n) is 8.63. The van der Waals surface area contributed by atoms with Gasteiger partial charge in [0.1, 0.15) is 13.2 Å². The van der Waals surface area contributed by atoms with Crippen molar-refractivity contribution >= 4 is 17.9 Å². The molecule has 0 aromatic carbocycles. The lowest BCUT2D eigenvalue weighted by molar-refractivity contribution is -0.166. The van der Waals surface area contributed by atoms with Crippen molar-refractivity contribution in [2.75, 3.05) is 13.2 Å². The molecule has 0 N–H and O–H groups in total. The number of ether oxygens (including phenoxy) is 3. The minimum Gasteiger partial charge on any atom is -0.462 e. The quantitative estimate of drug-likeness (QED) is 0.0261. The van der Waals surface area contributed by atoms with Gasteiger partial charge < -0.3 is 14.2 Å². The van der Waals surface area contributed by atoms with E-state index in [4.69, 9.17) is 14.2 Å². The van der Waals surface area contributed by atoms with Crippen LogP contribution >= 0.6 is 0 Å². The number of allylic oxidation sites excluding steroid dienone is 22. The minimum absolute atomic E-state index is 0.106. The summed E-state index contributed by atoms with van der Waals surface area (Å²) in [6.07, 6.45) is 91.9. The number of carbonyl (C=O) groups is 3. The van der Waals surface area contributed by atoms with Gasteiger partial charge >= 0.3 is 17.9 Å². The van der Waals surface area contributed by atoms with E-state index in [1.165, 1.54) is 128 Å². The van der Waals surface area contributed by atoms with Gasteiger partial charge in [0.2, 0.25) is 0 Å². The molecule has 0 rings (SSSR count). The molecule has 0 aliphatic heterocycles. The second-order valence-corrected chi connectivity index (χ2v) is 20.9. The van der Waals surface area contributed by atoms with Crippen molar-refractivity contribution in [3.8, 4) is 0 Å². The fourth-order valence-corrected chi connectivity index (χ4v) is 8.63. The van der Waals surface area contributed by atoms with Crippen molar-refractivity contribution < 1.29 is 28.6 Å². The molecule has 442 valence electrons. The summed E-state index contributed by atoms with van der Waals surface area (Å²) >= 11 is 0. The lowest BCUT2D eigenvalue weighted by Crippen LogP contribution is -2.30. The Morgan fingerprint density at radius 3 is 0.859 bits per heavy atom.